The maximum Gasteiger partial charge on any atom is 0.279 e. The number of aromatic nitrogens is 2. The van der Waals surface area contributed by atoms with Gasteiger partial charge in [0.25, 0.3) is 5.56 Å². The van der Waals surface area contributed by atoms with Crippen molar-refractivity contribution in [3.63, 3.8) is 0 Å². The molecule has 0 bridgehead atoms. The molecule has 0 unspecified atom stereocenters. The summed E-state index contributed by atoms with van der Waals surface area (Å²) in [6.45, 7) is 4.26. The van der Waals surface area contributed by atoms with E-state index in [4.69, 9.17) is 0 Å². The summed E-state index contributed by atoms with van der Waals surface area (Å²) in [5, 5.41) is 2.76. The van der Waals surface area contributed by atoms with Crippen LogP contribution in [0.1, 0.15) is 13.8 Å². The van der Waals surface area contributed by atoms with E-state index in [0.717, 1.165) is 15.4 Å². The summed E-state index contributed by atoms with van der Waals surface area (Å²) >= 11 is 3.20. The Morgan fingerprint density at radius 1 is 1.05 bits per heavy atom. The zero-order valence-electron chi connectivity index (χ0n) is 11.7. The van der Waals surface area contributed by atoms with E-state index in [9.17, 15) is 4.79 Å². The molecule has 21 heavy (non-hydrogen) atoms. The molecule has 0 N–H and O–H groups in total. The molecule has 5 heteroatoms. The lowest BCUT2D eigenvalue weighted by Gasteiger charge is -2.06. The number of thioether (sulfide) groups is 1. The number of fused-ring (bicyclic) bond motifs is 1. The van der Waals surface area contributed by atoms with Crippen LogP contribution in [-0.4, -0.2) is 15.2 Å². The molecule has 106 valence electrons. The quantitative estimate of drug-likeness (QED) is 0.679. The van der Waals surface area contributed by atoms with Crippen LogP contribution in [0.4, 0.5) is 0 Å². The Morgan fingerprint density at radius 3 is 2.67 bits per heavy atom. The average molecular weight is 314 g/mol. The number of hydrogen-bond donors (Lipinski definition) is 0. The number of hydrogen-bond acceptors (Lipinski definition) is 5. The van der Waals surface area contributed by atoms with Crippen LogP contribution in [0.15, 0.2) is 52.3 Å². The highest BCUT2D eigenvalue weighted by Crippen LogP contribution is 2.27. The van der Waals surface area contributed by atoms with Crippen molar-refractivity contribution in [1.82, 2.24) is 9.97 Å². The van der Waals surface area contributed by atoms with Gasteiger partial charge >= 0.3 is 0 Å². The van der Waals surface area contributed by atoms with Crippen molar-refractivity contribution < 1.29 is 0 Å². The first-order valence-electron chi connectivity index (χ1n) is 6.67. The van der Waals surface area contributed by atoms with Crippen molar-refractivity contribution in [1.29, 1.82) is 0 Å². The molecule has 0 saturated carbocycles. The standard InChI is InChI=1S/C16H14N2OS2/c1-10(2)20-14-9-5-7-12(17-14)16-18-15(19)11-6-3-4-8-13(11)21-16/h3-10H,1-2H3. The Hall–Kier alpha value is -1.72. The van der Waals surface area contributed by atoms with E-state index in [1.807, 2.05) is 42.5 Å². The van der Waals surface area contributed by atoms with Crippen molar-refractivity contribution in [3.05, 3.63) is 52.8 Å². The van der Waals surface area contributed by atoms with Crippen molar-refractivity contribution in [3.8, 4) is 10.7 Å². The maximum absolute atomic E-state index is 12.1. The fourth-order valence-electron chi connectivity index (χ4n) is 1.96. The fourth-order valence-corrected chi connectivity index (χ4v) is 3.72. The molecular weight excluding hydrogens is 300 g/mol. The molecule has 0 atom stereocenters. The molecule has 0 fully saturated rings. The van der Waals surface area contributed by atoms with Crippen molar-refractivity contribution in [2.75, 3.05) is 0 Å². The smallest absolute Gasteiger partial charge is 0.267 e. The van der Waals surface area contributed by atoms with Gasteiger partial charge in [0.15, 0.2) is 0 Å². The molecule has 0 saturated heterocycles. The van der Waals surface area contributed by atoms with Gasteiger partial charge in [-0.3, -0.25) is 4.79 Å². The van der Waals surface area contributed by atoms with Gasteiger partial charge in [-0.05, 0) is 24.3 Å². The second kappa shape index (κ2) is 5.95. The average Bonchev–Trinajstić information content (AvgIpc) is 2.47. The van der Waals surface area contributed by atoms with E-state index in [-0.39, 0.29) is 5.56 Å². The van der Waals surface area contributed by atoms with Crippen LogP contribution in [0.3, 0.4) is 0 Å². The molecule has 0 aliphatic rings. The van der Waals surface area contributed by atoms with Gasteiger partial charge in [0.05, 0.1) is 10.4 Å². The number of nitrogens with zero attached hydrogens (tertiary/aromatic N) is 2. The zero-order valence-corrected chi connectivity index (χ0v) is 13.4. The molecule has 0 amide bonds. The Bertz CT molecular complexity index is 843. The molecule has 0 radical (unpaired) electrons. The Kier molecular flexibility index (Phi) is 4.03. The second-order valence-electron chi connectivity index (χ2n) is 4.85. The van der Waals surface area contributed by atoms with Crippen LogP contribution < -0.4 is 5.56 Å². The third-order valence-corrected chi connectivity index (χ3v) is 4.84. The summed E-state index contributed by atoms with van der Waals surface area (Å²) in [4.78, 5) is 20.9. The van der Waals surface area contributed by atoms with Crippen LogP contribution >= 0.6 is 23.1 Å². The Balaban J connectivity index is 2.10. The minimum atomic E-state index is -0.192. The second-order valence-corrected chi connectivity index (χ2v) is 7.48. The predicted octanol–water partition coefficient (Wildman–Crippen LogP) is 4.22. The van der Waals surface area contributed by atoms with E-state index in [0.29, 0.717) is 15.6 Å². The maximum atomic E-state index is 12.1. The summed E-state index contributed by atoms with van der Waals surface area (Å²) in [6, 6.07) is 13.4. The van der Waals surface area contributed by atoms with E-state index in [1.54, 1.807) is 11.8 Å². The third-order valence-electron chi connectivity index (χ3n) is 2.83. The molecule has 1 aromatic carbocycles. The van der Waals surface area contributed by atoms with Gasteiger partial charge in [-0.15, -0.1) is 23.1 Å². The van der Waals surface area contributed by atoms with Crippen LogP contribution in [-0.2, 0) is 0 Å². The highest BCUT2D eigenvalue weighted by Gasteiger charge is 2.09. The lowest BCUT2D eigenvalue weighted by Crippen LogP contribution is -2.06. The molecule has 3 nitrogen and oxygen atoms in total. The summed E-state index contributed by atoms with van der Waals surface area (Å²) in [5.41, 5.74) is 0.566. The molecule has 2 aromatic heterocycles. The first kappa shape index (κ1) is 14.2. The lowest BCUT2D eigenvalue weighted by molar-refractivity contribution is 1.07. The number of rotatable bonds is 3. The minimum absolute atomic E-state index is 0.192. The molecule has 2 heterocycles. The van der Waals surface area contributed by atoms with Gasteiger partial charge in [-0.1, -0.05) is 32.0 Å². The van der Waals surface area contributed by atoms with E-state index in [1.165, 1.54) is 11.3 Å². The molecule has 3 rings (SSSR count). The van der Waals surface area contributed by atoms with Crippen LogP contribution in [0.5, 0.6) is 0 Å². The van der Waals surface area contributed by atoms with Crippen molar-refractivity contribution >= 4 is 33.2 Å². The SMILES string of the molecule is CC(C)Sc1cccc(-c2nc(=O)c3ccccc3s2)n1. The normalized spacial score (nSPS) is 11.2. The van der Waals surface area contributed by atoms with Crippen LogP contribution in [0.25, 0.3) is 20.8 Å². The summed E-state index contributed by atoms with van der Waals surface area (Å²) in [5.74, 6) is 0. The largest absolute Gasteiger partial charge is 0.279 e. The van der Waals surface area contributed by atoms with E-state index >= 15 is 0 Å². The number of benzene rings is 1. The van der Waals surface area contributed by atoms with Gasteiger partial charge in [-0.2, -0.15) is 4.98 Å². The molecule has 0 aliphatic heterocycles. The van der Waals surface area contributed by atoms with E-state index in [2.05, 4.69) is 23.8 Å². The van der Waals surface area contributed by atoms with Gasteiger partial charge in [0.2, 0.25) is 0 Å². The molecule has 0 spiro atoms. The van der Waals surface area contributed by atoms with Crippen molar-refractivity contribution in [2.45, 2.75) is 24.1 Å². The Labute approximate surface area is 131 Å². The van der Waals surface area contributed by atoms with Gasteiger partial charge in [0.1, 0.15) is 10.7 Å². The first-order valence-corrected chi connectivity index (χ1v) is 8.37. The van der Waals surface area contributed by atoms with E-state index < -0.39 is 0 Å². The third kappa shape index (κ3) is 3.14. The van der Waals surface area contributed by atoms with Gasteiger partial charge in [-0.25, -0.2) is 4.98 Å². The summed E-state index contributed by atoms with van der Waals surface area (Å²) in [6.07, 6.45) is 0. The topological polar surface area (TPSA) is 42.9 Å². The monoisotopic (exact) mass is 314 g/mol. The van der Waals surface area contributed by atoms with Gasteiger partial charge in [0, 0.05) is 9.95 Å². The predicted molar refractivity (Wildman–Crippen MR) is 90.1 cm³/mol. The van der Waals surface area contributed by atoms with Crippen LogP contribution in [0.2, 0.25) is 0 Å². The first-order chi connectivity index (χ1) is 10.1. The molecule has 3 aromatic rings. The lowest BCUT2D eigenvalue weighted by atomic mass is 10.3. The Morgan fingerprint density at radius 2 is 1.86 bits per heavy atom. The van der Waals surface area contributed by atoms with Crippen molar-refractivity contribution in [2.24, 2.45) is 0 Å². The molecular formula is C16H14N2OS2. The summed E-state index contributed by atoms with van der Waals surface area (Å²) in [7, 11) is 0. The summed E-state index contributed by atoms with van der Waals surface area (Å²) < 4.78 is 0.941. The molecule has 0 aliphatic carbocycles. The number of pyridine rings is 1. The zero-order chi connectivity index (χ0) is 14.8. The highest BCUT2D eigenvalue weighted by atomic mass is 32.2. The van der Waals surface area contributed by atoms with Gasteiger partial charge < -0.3 is 0 Å². The highest BCUT2D eigenvalue weighted by molar-refractivity contribution is 7.99. The fraction of sp³-hybridized carbons (Fsp3) is 0.188. The minimum Gasteiger partial charge on any atom is -0.267 e. The van der Waals surface area contributed by atoms with Crippen LogP contribution in [0, 0.1) is 0 Å².